The van der Waals surface area contributed by atoms with Crippen LogP contribution in [0.25, 0.3) is 10.9 Å². The zero-order chi connectivity index (χ0) is 24.9. The van der Waals surface area contributed by atoms with Gasteiger partial charge in [-0.05, 0) is 49.4 Å². The van der Waals surface area contributed by atoms with Crippen LogP contribution in [-0.2, 0) is 6.54 Å². The molecule has 3 heterocycles. The number of hydrogen-bond acceptors (Lipinski definition) is 7. The molecule has 0 aliphatic carbocycles. The summed E-state index contributed by atoms with van der Waals surface area (Å²) >= 11 is 12.6. The molecule has 10 heteroatoms. The van der Waals surface area contributed by atoms with Crippen LogP contribution in [0.15, 0.2) is 59.2 Å². The van der Waals surface area contributed by atoms with E-state index in [-0.39, 0.29) is 11.3 Å². The lowest BCUT2D eigenvalue weighted by Crippen LogP contribution is -2.47. The Morgan fingerprint density at radius 3 is 2.58 bits per heavy atom. The van der Waals surface area contributed by atoms with E-state index in [1.54, 1.807) is 12.3 Å². The van der Waals surface area contributed by atoms with Gasteiger partial charge in [0.2, 0.25) is 5.95 Å². The van der Waals surface area contributed by atoms with Gasteiger partial charge in [0.1, 0.15) is 22.9 Å². The molecular weight excluding hydrogens is 502 g/mol. The second-order valence-corrected chi connectivity index (χ2v) is 9.43. The molecule has 1 aliphatic rings. The van der Waals surface area contributed by atoms with Gasteiger partial charge < -0.3 is 20.0 Å². The van der Waals surface area contributed by atoms with Crippen LogP contribution >= 0.6 is 23.2 Å². The summed E-state index contributed by atoms with van der Waals surface area (Å²) in [5, 5.41) is 8.33. The Morgan fingerprint density at radius 2 is 1.78 bits per heavy atom. The molecule has 4 aromatic rings. The molecule has 0 spiro atoms. The molecule has 36 heavy (non-hydrogen) atoms. The van der Waals surface area contributed by atoms with Gasteiger partial charge in [-0.3, -0.25) is 4.90 Å². The van der Waals surface area contributed by atoms with Crippen LogP contribution in [0.2, 0.25) is 10.0 Å². The molecule has 188 valence electrons. The number of piperazine rings is 1. The van der Waals surface area contributed by atoms with Gasteiger partial charge in [-0.1, -0.05) is 35.3 Å². The number of anilines is 3. The van der Waals surface area contributed by atoms with Gasteiger partial charge in [-0.2, -0.15) is 4.98 Å². The predicted octanol–water partition coefficient (Wildman–Crippen LogP) is 5.91. The van der Waals surface area contributed by atoms with Crippen LogP contribution < -0.4 is 15.5 Å². The van der Waals surface area contributed by atoms with E-state index in [4.69, 9.17) is 27.6 Å². The number of aromatic nitrogens is 2. The summed E-state index contributed by atoms with van der Waals surface area (Å²) in [5.41, 5.74) is 1.27. The van der Waals surface area contributed by atoms with Gasteiger partial charge in [-0.15, -0.1) is 0 Å². The summed E-state index contributed by atoms with van der Waals surface area (Å²) in [6.07, 6.45) is 2.53. The number of furan rings is 1. The highest BCUT2D eigenvalue weighted by Crippen LogP contribution is 2.33. The number of fused-ring (bicyclic) bond motifs is 1. The fourth-order valence-corrected chi connectivity index (χ4v) is 4.78. The number of nitrogens with one attached hydrogen (secondary N) is 2. The van der Waals surface area contributed by atoms with E-state index in [9.17, 15) is 4.39 Å². The fourth-order valence-electron chi connectivity index (χ4n) is 4.37. The lowest BCUT2D eigenvalue weighted by molar-refractivity contribution is 0.257. The molecule has 0 atom stereocenters. The van der Waals surface area contributed by atoms with E-state index in [1.165, 1.54) is 6.07 Å². The number of rotatable bonds is 9. The Labute approximate surface area is 219 Å². The quantitative estimate of drug-likeness (QED) is 0.262. The van der Waals surface area contributed by atoms with Crippen molar-refractivity contribution in [2.75, 3.05) is 54.8 Å². The lowest BCUT2D eigenvalue weighted by Gasteiger charge is -2.36. The summed E-state index contributed by atoms with van der Waals surface area (Å²) in [4.78, 5) is 13.7. The largest absolute Gasteiger partial charge is 0.467 e. The molecule has 2 N–H and O–H groups in total. The van der Waals surface area contributed by atoms with Gasteiger partial charge in [0.15, 0.2) is 0 Å². The van der Waals surface area contributed by atoms with E-state index >= 15 is 0 Å². The molecular formula is C26H27Cl2FN6O. The molecule has 0 unspecified atom stereocenters. The highest BCUT2D eigenvalue weighted by Gasteiger charge is 2.19. The molecule has 2 aromatic carbocycles. The topological polar surface area (TPSA) is 69.5 Å². The summed E-state index contributed by atoms with van der Waals surface area (Å²) in [6, 6.07) is 14.3. The van der Waals surface area contributed by atoms with Gasteiger partial charge in [0.05, 0.1) is 28.5 Å². The maximum Gasteiger partial charge on any atom is 0.225 e. The average Bonchev–Trinajstić information content (AvgIpc) is 3.42. The predicted molar refractivity (Wildman–Crippen MR) is 144 cm³/mol. The van der Waals surface area contributed by atoms with Crippen molar-refractivity contribution in [2.45, 2.75) is 13.0 Å². The number of para-hydroxylation sites is 1. The zero-order valence-corrected chi connectivity index (χ0v) is 21.2. The third kappa shape index (κ3) is 5.67. The van der Waals surface area contributed by atoms with E-state index in [0.717, 1.165) is 50.6 Å². The maximum absolute atomic E-state index is 14.5. The number of benzene rings is 2. The van der Waals surface area contributed by atoms with Gasteiger partial charge in [0.25, 0.3) is 0 Å². The third-order valence-corrected chi connectivity index (χ3v) is 7.07. The van der Waals surface area contributed by atoms with E-state index in [0.29, 0.717) is 40.3 Å². The van der Waals surface area contributed by atoms with Crippen molar-refractivity contribution in [3.63, 3.8) is 0 Å². The average molecular weight is 529 g/mol. The van der Waals surface area contributed by atoms with Crippen molar-refractivity contribution in [3.8, 4) is 0 Å². The molecule has 0 bridgehead atoms. The molecule has 0 radical (unpaired) electrons. The van der Waals surface area contributed by atoms with Crippen LogP contribution in [0.5, 0.6) is 0 Å². The Bertz CT molecular complexity index is 1310. The third-order valence-electron chi connectivity index (χ3n) is 6.27. The molecule has 7 nitrogen and oxygen atoms in total. The van der Waals surface area contributed by atoms with Crippen molar-refractivity contribution >= 4 is 51.6 Å². The Morgan fingerprint density at radius 1 is 0.944 bits per heavy atom. The summed E-state index contributed by atoms with van der Waals surface area (Å²) in [6.45, 7) is 5.74. The number of nitrogens with zero attached hydrogens (tertiary/aromatic N) is 4. The van der Waals surface area contributed by atoms with Crippen LogP contribution in [0.3, 0.4) is 0 Å². The Balaban J connectivity index is 1.15. The van der Waals surface area contributed by atoms with E-state index in [1.807, 2.05) is 36.4 Å². The first kappa shape index (κ1) is 24.6. The van der Waals surface area contributed by atoms with Crippen LogP contribution in [0.1, 0.15) is 12.2 Å². The van der Waals surface area contributed by atoms with E-state index < -0.39 is 0 Å². The second-order valence-electron chi connectivity index (χ2n) is 8.65. The minimum Gasteiger partial charge on any atom is -0.467 e. The van der Waals surface area contributed by atoms with Crippen LogP contribution in [-0.4, -0.2) is 54.1 Å². The summed E-state index contributed by atoms with van der Waals surface area (Å²) in [5.74, 6) is 1.35. The highest BCUT2D eigenvalue weighted by molar-refractivity contribution is 6.43. The second kappa shape index (κ2) is 11.3. The maximum atomic E-state index is 14.5. The first-order valence-electron chi connectivity index (χ1n) is 12.0. The normalized spacial score (nSPS) is 14.4. The summed E-state index contributed by atoms with van der Waals surface area (Å²) in [7, 11) is 0. The molecule has 1 fully saturated rings. The SMILES string of the molecule is Fc1cccc2c(NCc3ccco3)nc(NCCCN3CCN(c4cccc(Cl)c4Cl)CC3)nc12. The van der Waals surface area contributed by atoms with Gasteiger partial charge in [0, 0.05) is 38.1 Å². The molecule has 0 saturated carbocycles. The Hall–Kier alpha value is -3.07. The molecule has 1 saturated heterocycles. The first-order valence-corrected chi connectivity index (χ1v) is 12.7. The highest BCUT2D eigenvalue weighted by atomic mass is 35.5. The van der Waals surface area contributed by atoms with Crippen molar-refractivity contribution < 1.29 is 8.81 Å². The standard InChI is InChI=1S/C26H27Cl2FN6O/c27-20-7-2-9-22(23(20)28)35-14-12-34(13-15-35)11-4-10-30-26-32-24-19(6-1-8-21(24)29)25(33-26)31-17-18-5-3-16-36-18/h1-3,5-9,16H,4,10-15,17H2,(H2,30,31,32,33). The Kier molecular flexibility index (Phi) is 7.75. The smallest absolute Gasteiger partial charge is 0.225 e. The monoisotopic (exact) mass is 528 g/mol. The lowest BCUT2D eigenvalue weighted by atomic mass is 10.2. The van der Waals surface area contributed by atoms with E-state index in [2.05, 4.69) is 30.4 Å². The molecule has 1 aliphatic heterocycles. The van der Waals surface area contributed by atoms with Crippen LogP contribution in [0, 0.1) is 5.82 Å². The van der Waals surface area contributed by atoms with Crippen molar-refractivity contribution in [1.29, 1.82) is 0 Å². The zero-order valence-electron chi connectivity index (χ0n) is 19.7. The molecule has 0 amide bonds. The fraction of sp³-hybridized carbons (Fsp3) is 0.308. The van der Waals surface area contributed by atoms with Gasteiger partial charge in [-0.25, -0.2) is 9.37 Å². The van der Waals surface area contributed by atoms with Gasteiger partial charge >= 0.3 is 0 Å². The van der Waals surface area contributed by atoms with Crippen molar-refractivity contribution in [2.24, 2.45) is 0 Å². The minimum atomic E-state index is -0.378. The molecule has 2 aromatic heterocycles. The van der Waals surface area contributed by atoms with Crippen molar-refractivity contribution in [3.05, 3.63) is 76.4 Å². The van der Waals surface area contributed by atoms with Crippen LogP contribution in [0.4, 0.5) is 21.8 Å². The minimum absolute atomic E-state index is 0.285. The number of halogens is 3. The summed E-state index contributed by atoms with van der Waals surface area (Å²) < 4.78 is 19.9. The van der Waals surface area contributed by atoms with Crippen molar-refractivity contribution in [1.82, 2.24) is 14.9 Å². The number of hydrogen-bond donors (Lipinski definition) is 2. The first-order chi connectivity index (χ1) is 17.6. The molecule has 5 rings (SSSR count).